The van der Waals surface area contributed by atoms with Gasteiger partial charge in [0.15, 0.2) is 5.82 Å². The highest BCUT2D eigenvalue weighted by Gasteiger charge is 2.24. The van der Waals surface area contributed by atoms with Gasteiger partial charge in [0.1, 0.15) is 11.5 Å². The van der Waals surface area contributed by atoms with Crippen LogP contribution in [0, 0.1) is 0 Å². The lowest BCUT2D eigenvalue weighted by Gasteiger charge is -2.22. The van der Waals surface area contributed by atoms with Crippen LogP contribution in [0.4, 0.5) is 0 Å². The second kappa shape index (κ2) is 10.1. The number of hydrogen-bond donors (Lipinski definition) is 0. The van der Waals surface area contributed by atoms with Crippen LogP contribution < -0.4 is 4.74 Å². The first-order chi connectivity index (χ1) is 23.3. The van der Waals surface area contributed by atoms with E-state index in [-0.39, 0.29) is 0 Å². The van der Waals surface area contributed by atoms with Crippen LogP contribution in [-0.4, -0.2) is 9.97 Å². The normalized spacial score (nSPS) is 12.0. The van der Waals surface area contributed by atoms with Gasteiger partial charge in [0.2, 0.25) is 0 Å². The van der Waals surface area contributed by atoms with Gasteiger partial charge in [0.05, 0.1) is 17.0 Å². The molecule has 2 heterocycles. The Morgan fingerprint density at radius 1 is 0.362 bits per heavy atom. The summed E-state index contributed by atoms with van der Waals surface area (Å²) < 4.78 is 6.78. The van der Waals surface area contributed by atoms with E-state index < -0.39 is 0 Å². The molecule has 0 amide bonds. The predicted octanol–water partition coefficient (Wildman–Crippen LogP) is 11.9. The van der Waals surface area contributed by atoms with Gasteiger partial charge in [-0.15, -0.1) is 0 Å². The molecule has 0 radical (unpaired) electrons. The van der Waals surface area contributed by atoms with Gasteiger partial charge in [-0.05, 0) is 62.3 Å². The lowest BCUT2D eigenvalue weighted by molar-refractivity contribution is 0.494. The van der Waals surface area contributed by atoms with Crippen LogP contribution in [0.5, 0.6) is 11.5 Å². The quantitative estimate of drug-likeness (QED) is 0.189. The van der Waals surface area contributed by atoms with E-state index in [2.05, 4.69) is 140 Å². The molecule has 47 heavy (non-hydrogen) atoms. The average Bonchev–Trinajstić information content (AvgIpc) is 3.15. The van der Waals surface area contributed by atoms with Crippen LogP contribution >= 0.6 is 0 Å². The zero-order chi connectivity index (χ0) is 30.9. The standard InChI is InChI=1S/C44H26N2O/c1-2-8-29(9-3-1)37-26-38(30-16-13-28(14-17-30)35-22-15-27-7-4-5-10-34(27)25-35)46-44(45-37)36-24-23-33-21-20-32-19-18-31-11-6-12-39-40(31)41(32)42(33)43(36)47-39/h1-26H. The van der Waals surface area contributed by atoms with Gasteiger partial charge in [-0.25, -0.2) is 9.97 Å². The Hall–Kier alpha value is -6.32. The lowest BCUT2D eigenvalue weighted by Crippen LogP contribution is -2.01. The molecule has 0 unspecified atom stereocenters. The van der Waals surface area contributed by atoms with E-state index in [9.17, 15) is 0 Å². The summed E-state index contributed by atoms with van der Waals surface area (Å²) in [6.45, 7) is 0. The Balaban J connectivity index is 1.16. The van der Waals surface area contributed by atoms with Crippen molar-refractivity contribution in [2.75, 3.05) is 0 Å². The maximum Gasteiger partial charge on any atom is 0.164 e. The fraction of sp³-hybridized carbons (Fsp3) is 0. The van der Waals surface area contributed by atoms with Crippen LogP contribution in [0.2, 0.25) is 0 Å². The largest absolute Gasteiger partial charge is 0.455 e. The maximum absolute atomic E-state index is 6.78. The van der Waals surface area contributed by atoms with Gasteiger partial charge in [-0.1, -0.05) is 133 Å². The summed E-state index contributed by atoms with van der Waals surface area (Å²) in [5, 5.41) is 9.49. The molecule has 0 bridgehead atoms. The van der Waals surface area contributed by atoms with Crippen molar-refractivity contribution in [2.45, 2.75) is 0 Å². The van der Waals surface area contributed by atoms with Crippen LogP contribution in [0.3, 0.4) is 0 Å². The SMILES string of the molecule is c1ccc(-c2cc(-c3ccc(-c4ccc5ccccc5c4)cc3)nc(-c3ccc4ccc5ccc6cccc7c6c5c4c3O7)n2)cc1. The molecule has 0 saturated carbocycles. The second-order valence-corrected chi connectivity index (χ2v) is 12.2. The molecule has 8 aromatic carbocycles. The van der Waals surface area contributed by atoms with E-state index in [1.54, 1.807) is 0 Å². The predicted molar refractivity (Wildman–Crippen MR) is 194 cm³/mol. The Labute approximate surface area is 271 Å². The van der Waals surface area contributed by atoms with Crippen molar-refractivity contribution < 1.29 is 4.74 Å². The van der Waals surface area contributed by atoms with Crippen LogP contribution in [0.25, 0.3) is 88.1 Å². The highest BCUT2D eigenvalue weighted by Crippen LogP contribution is 2.50. The highest BCUT2D eigenvalue weighted by molar-refractivity contribution is 6.26. The lowest BCUT2D eigenvalue weighted by atomic mass is 9.92. The van der Waals surface area contributed by atoms with E-state index in [0.717, 1.165) is 55.7 Å². The van der Waals surface area contributed by atoms with E-state index in [1.165, 1.54) is 38.1 Å². The zero-order valence-corrected chi connectivity index (χ0v) is 25.3. The maximum atomic E-state index is 6.78. The smallest absolute Gasteiger partial charge is 0.164 e. The third-order valence-corrected chi connectivity index (χ3v) is 9.43. The molecule has 0 N–H and O–H groups in total. The van der Waals surface area contributed by atoms with E-state index in [4.69, 9.17) is 14.7 Å². The minimum Gasteiger partial charge on any atom is -0.455 e. The van der Waals surface area contributed by atoms with Gasteiger partial charge >= 0.3 is 0 Å². The van der Waals surface area contributed by atoms with E-state index in [1.807, 2.05) is 18.2 Å². The summed E-state index contributed by atoms with van der Waals surface area (Å²) in [7, 11) is 0. The molecule has 3 nitrogen and oxygen atoms in total. The topological polar surface area (TPSA) is 35.0 Å². The molecule has 9 aromatic rings. The van der Waals surface area contributed by atoms with Crippen molar-refractivity contribution in [3.05, 3.63) is 158 Å². The zero-order valence-electron chi connectivity index (χ0n) is 25.3. The molecular weight excluding hydrogens is 572 g/mol. The summed E-state index contributed by atoms with van der Waals surface area (Å²) in [5.41, 5.74) is 7.04. The molecule has 0 spiro atoms. The third kappa shape index (κ3) is 4.14. The van der Waals surface area contributed by atoms with Crippen LogP contribution in [-0.2, 0) is 0 Å². The van der Waals surface area contributed by atoms with Crippen molar-refractivity contribution in [3.63, 3.8) is 0 Å². The third-order valence-electron chi connectivity index (χ3n) is 9.43. The summed E-state index contributed by atoms with van der Waals surface area (Å²) >= 11 is 0. The van der Waals surface area contributed by atoms with Crippen LogP contribution in [0.15, 0.2) is 158 Å². The molecule has 0 atom stereocenters. The first-order valence-corrected chi connectivity index (χ1v) is 15.9. The Bertz CT molecular complexity index is 2690. The highest BCUT2D eigenvalue weighted by atomic mass is 16.5. The first kappa shape index (κ1) is 26.0. The Morgan fingerprint density at radius 2 is 0.936 bits per heavy atom. The molecule has 3 heteroatoms. The summed E-state index contributed by atoms with van der Waals surface area (Å²) in [6, 6.07) is 55.5. The first-order valence-electron chi connectivity index (χ1n) is 15.9. The van der Waals surface area contributed by atoms with Crippen molar-refractivity contribution in [1.82, 2.24) is 9.97 Å². The Kier molecular flexibility index (Phi) is 5.57. The molecule has 0 fully saturated rings. The molecular formula is C44H26N2O. The number of ether oxygens (including phenoxy) is 1. The van der Waals surface area contributed by atoms with Crippen LogP contribution in [0.1, 0.15) is 0 Å². The fourth-order valence-electron chi connectivity index (χ4n) is 7.10. The average molecular weight is 599 g/mol. The molecule has 218 valence electrons. The van der Waals surface area contributed by atoms with Gasteiger partial charge in [0, 0.05) is 27.3 Å². The number of benzene rings is 8. The van der Waals surface area contributed by atoms with Gasteiger partial charge in [0.25, 0.3) is 0 Å². The second-order valence-electron chi connectivity index (χ2n) is 12.2. The van der Waals surface area contributed by atoms with E-state index >= 15 is 0 Å². The summed E-state index contributed by atoms with van der Waals surface area (Å²) in [5.74, 6) is 2.31. The minimum atomic E-state index is 0.639. The molecule has 1 aromatic heterocycles. The van der Waals surface area contributed by atoms with Crippen molar-refractivity contribution >= 4 is 43.1 Å². The molecule has 0 aliphatic carbocycles. The van der Waals surface area contributed by atoms with E-state index in [0.29, 0.717) is 5.82 Å². The number of hydrogen-bond acceptors (Lipinski definition) is 3. The van der Waals surface area contributed by atoms with Crippen molar-refractivity contribution in [1.29, 1.82) is 0 Å². The summed E-state index contributed by atoms with van der Waals surface area (Å²) in [6.07, 6.45) is 0. The molecule has 10 rings (SSSR count). The minimum absolute atomic E-state index is 0.639. The Morgan fingerprint density at radius 3 is 1.72 bits per heavy atom. The van der Waals surface area contributed by atoms with Gasteiger partial charge in [-0.2, -0.15) is 0 Å². The molecule has 0 saturated heterocycles. The molecule has 1 aliphatic rings. The van der Waals surface area contributed by atoms with Gasteiger partial charge in [-0.3, -0.25) is 0 Å². The van der Waals surface area contributed by atoms with Gasteiger partial charge < -0.3 is 4.74 Å². The number of nitrogens with zero attached hydrogens (tertiary/aromatic N) is 2. The number of aromatic nitrogens is 2. The fourth-order valence-corrected chi connectivity index (χ4v) is 7.10. The monoisotopic (exact) mass is 598 g/mol. The van der Waals surface area contributed by atoms with Crippen molar-refractivity contribution in [2.24, 2.45) is 0 Å². The summed E-state index contributed by atoms with van der Waals surface area (Å²) in [4.78, 5) is 10.4. The molecule has 1 aliphatic heterocycles. The van der Waals surface area contributed by atoms with Crippen molar-refractivity contribution in [3.8, 4) is 56.5 Å². The number of fused-ring (bicyclic) bond motifs is 1. The number of rotatable bonds is 4.